The van der Waals surface area contributed by atoms with Crippen molar-refractivity contribution in [3.8, 4) is 0 Å². The zero-order valence-electron chi connectivity index (χ0n) is 13.9. The van der Waals surface area contributed by atoms with E-state index in [1.807, 2.05) is 51.1 Å². The van der Waals surface area contributed by atoms with Gasteiger partial charge in [-0.3, -0.25) is 0 Å². The molecule has 5 nitrogen and oxygen atoms in total. The van der Waals surface area contributed by atoms with Gasteiger partial charge in [0.05, 0.1) is 6.21 Å². The lowest BCUT2D eigenvalue weighted by molar-refractivity contribution is 0.104. The molecule has 0 bridgehead atoms. The van der Waals surface area contributed by atoms with E-state index >= 15 is 0 Å². The number of amides is 1. The van der Waals surface area contributed by atoms with Crippen molar-refractivity contribution in [2.45, 2.75) is 38.5 Å². The van der Waals surface area contributed by atoms with Crippen LogP contribution in [0.4, 0.5) is 4.79 Å². The first-order valence-electron chi connectivity index (χ1n) is 7.78. The third-order valence-electron chi connectivity index (χ3n) is 3.58. The van der Waals surface area contributed by atoms with Crippen LogP contribution < -0.4 is 0 Å². The van der Waals surface area contributed by atoms with Gasteiger partial charge in [-0.1, -0.05) is 34.7 Å². The number of carbonyl (C=O) groups is 1. The van der Waals surface area contributed by atoms with E-state index in [1.165, 1.54) is 0 Å². The minimum atomic E-state index is -1.25. The number of benzene rings is 1. The van der Waals surface area contributed by atoms with Gasteiger partial charge < -0.3 is 14.2 Å². The molecular weight excluding hydrogens is 312 g/mol. The second kappa shape index (κ2) is 7.84. The molecule has 1 amide bonds. The Kier molecular flexibility index (Phi) is 6.07. The quantitative estimate of drug-likeness (QED) is 0.626. The van der Waals surface area contributed by atoms with Crippen LogP contribution in [0, 0.1) is 5.92 Å². The van der Waals surface area contributed by atoms with Crippen molar-refractivity contribution in [3.05, 3.63) is 35.9 Å². The van der Waals surface area contributed by atoms with E-state index in [-0.39, 0.29) is 23.4 Å². The Hall–Kier alpha value is -1.53. The van der Waals surface area contributed by atoms with E-state index < -0.39 is 11.4 Å². The molecule has 1 aromatic rings. The SMILES string of the molecule is CC(C)(C)[S+]([O-])N=C[C@H]1CCN(C(=O)OCc2ccccc2)C1. The highest BCUT2D eigenvalue weighted by atomic mass is 32.2. The van der Waals surface area contributed by atoms with Crippen molar-refractivity contribution in [2.24, 2.45) is 10.3 Å². The Morgan fingerprint density at radius 2 is 2.13 bits per heavy atom. The maximum atomic E-state index is 12.1. The number of hydrogen-bond donors (Lipinski definition) is 0. The molecule has 1 aromatic carbocycles. The van der Waals surface area contributed by atoms with E-state index in [1.54, 1.807) is 11.1 Å². The van der Waals surface area contributed by atoms with Crippen molar-refractivity contribution in [2.75, 3.05) is 13.1 Å². The molecule has 1 aliphatic heterocycles. The van der Waals surface area contributed by atoms with Gasteiger partial charge in [-0.05, 0) is 32.8 Å². The molecule has 126 valence electrons. The summed E-state index contributed by atoms with van der Waals surface area (Å²) in [5.74, 6) is 0.144. The van der Waals surface area contributed by atoms with Gasteiger partial charge in [-0.25, -0.2) is 4.79 Å². The predicted octanol–water partition coefficient (Wildman–Crippen LogP) is 3.18. The van der Waals surface area contributed by atoms with Crippen LogP contribution in [-0.2, 0) is 22.7 Å². The Balaban J connectivity index is 1.78. The highest BCUT2D eigenvalue weighted by molar-refractivity contribution is 7.91. The van der Waals surface area contributed by atoms with Gasteiger partial charge in [0.2, 0.25) is 0 Å². The number of hydrogen-bond acceptors (Lipinski definition) is 4. The zero-order chi connectivity index (χ0) is 16.9. The molecule has 2 rings (SSSR count). The fourth-order valence-electron chi connectivity index (χ4n) is 2.18. The third-order valence-corrected chi connectivity index (χ3v) is 4.94. The van der Waals surface area contributed by atoms with Crippen LogP contribution >= 0.6 is 0 Å². The van der Waals surface area contributed by atoms with Crippen LogP contribution in [0.15, 0.2) is 34.7 Å². The fraction of sp³-hybridized carbons (Fsp3) is 0.529. The van der Waals surface area contributed by atoms with E-state index in [2.05, 4.69) is 4.40 Å². The third kappa shape index (κ3) is 5.55. The minimum Gasteiger partial charge on any atom is -0.591 e. The molecule has 0 spiro atoms. The molecule has 23 heavy (non-hydrogen) atoms. The van der Waals surface area contributed by atoms with E-state index in [0.717, 1.165) is 12.0 Å². The van der Waals surface area contributed by atoms with Crippen molar-refractivity contribution in [1.82, 2.24) is 4.90 Å². The molecule has 1 fully saturated rings. The van der Waals surface area contributed by atoms with Crippen molar-refractivity contribution >= 4 is 23.7 Å². The molecule has 1 saturated heterocycles. The minimum absolute atomic E-state index is 0.144. The van der Waals surface area contributed by atoms with Gasteiger partial charge in [0.15, 0.2) is 0 Å². The molecule has 0 aromatic heterocycles. The van der Waals surface area contributed by atoms with Crippen LogP contribution in [0.3, 0.4) is 0 Å². The number of likely N-dealkylation sites (tertiary alicyclic amines) is 1. The second-order valence-electron chi connectivity index (χ2n) is 6.65. The lowest BCUT2D eigenvalue weighted by Gasteiger charge is -2.18. The second-order valence-corrected chi connectivity index (χ2v) is 8.58. The van der Waals surface area contributed by atoms with E-state index in [0.29, 0.717) is 13.1 Å². The summed E-state index contributed by atoms with van der Waals surface area (Å²) in [4.78, 5) is 13.7. The molecule has 0 saturated carbocycles. The first-order valence-corrected chi connectivity index (χ1v) is 8.89. The summed E-state index contributed by atoms with van der Waals surface area (Å²) >= 11 is -1.25. The van der Waals surface area contributed by atoms with Gasteiger partial charge in [-0.15, -0.1) is 0 Å². The van der Waals surface area contributed by atoms with E-state index in [9.17, 15) is 9.35 Å². The molecule has 1 aliphatic rings. The molecule has 1 unspecified atom stereocenters. The first kappa shape index (κ1) is 17.8. The van der Waals surface area contributed by atoms with Gasteiger partial charge in [0, 0.05) is 19.0 Å². The van der Waals surface area contributed by atoms with Gasteiger partial charge in [-0.2, -0.15) is 0 Å². The number of ether oxygens (including phenoxy) is 1. The normalized spacial score (nSPS) is 20.0. The summed E-state index contributed by atoms with van der Waals surface area (Å²) in [6.07, 6.45) is 2.25. The topological polar surface area (TPSA) is 65.0 Å². The summed E-state index contributed by atoms with van der Waals surface area (Å²) in [5.41, 5.74) is 0.971. The average Bonchev–Trinajstić information content (AvgIpc) is 2.99. The summed E-state index contributed by atoms with van der Waals surface area (Å²) < 4.78 is 21.0. The molecule has 2 atom stereocenters. The molecular formula is C17H24N2O3S. The van der Waals surface area contributed by atoms with Gasteiger partial charge in [0.1, 0.15) is 22.7 Å². The standard InChI is InChI=1S/C17H24N2O3S/c1-17(2,3)23(21)18-11-15-9-10-19(12-15)16(20)22-13-14-7-5-4-6-8-14/h4-8,11,15H,9-10,12-13H2,1-3H3/t15-,23?/m1/s1. The Bertz CT molecular complexity index is 543. The van der Waals surface area contributed by atoms with Crippen molar-refractivity contribution < 1.29 is 14.1 Å². The summed E-state index contributed by atoms with van der Waals surface area (Å²) in [6.45, 7) is 7.17. The lowest BCUT2D eigenvalue weighted by Crippen LogP contribution is -2.29. The molecule has 0 aliphatic carbocycles. The van der Waals surface area contributed by atoms with Crippen LogP contribution in [0.1, 0.15) is 32.8 Å². The van der Waals surface area contributed by atoms with Crippen molar-refractivity contribution in [3.63, 3.8) is 0 Å². The number of carbonyl (C=O) groups excluding carboxylic acids is 1. The van der Waals surface area contributed by atoms with Crippen LogP contribution in [-0.4, -0.2) is 39.6 Å². The Labute approximate surface area is 141 Å². The maximum absolute atomic E-state index is 12.1. The predicted molar refractivity (Wildman–Crippen MR) is 92.7 cm³/mol. The summed E-state index contributed by atoms with van der Waals surface area (Å²) in [7, 11) is 0. The highest BCUT2D eigenvalue weighted by Gasteiger charge is 2.29. The van der Waals surface area contributed by atoms with Crippen LogP contribution in [0.5, 0.6) is 0 Å². The fourth-order valence-corrected chi connectivity index (χ4v) is 2.78. The van der Waals surface area contributed by atoms with Crippen LogP contribution in [0.2, 0.25) is 0 Å². The Morgan fingerprint density at radius 1 is 1.43 bits per heavy atom. The van der Waals surface area contributed by atoms with Gasteiger partial charge >= 0.3 is 6.09 Å². The smallest absolute Gasteiger partial charge is 0.410 e. The number of rotatable bonds is 4. The average molecular weight is 336 g/mol. The molecule has 0 N–H and O–H groups in total. The lowest BCUT2D eigenvalue weighted by atomic mass is 10.1. The monoisotopic (exact) mass is 336 g/mol. The Morgan fingerprint density at radius 3 is 2.78 bits per heavy atom. The number of nitrogens with zero attached hydrogens (tertiary/aromatic N) is 2. The van der Waals surface area contributed by atoms with Crippen LogP contribution in [0.25, 0.3) is 0 Å². The van der Waals surface area contributed by atoms with Gasteiger partial charge in [0.25, 0.3) is 0 Å². The molecule has 6 heteroatoms. The van der Waals surface area contributed by atoms with Crippen molar-refractivity contribution in [1.29, 1.82) is 0 Å². The van der Waals surface area contributed by atoms with E-state index in [4.69, 9.17) is 4.74 Å². The first-order chi connectivity index (χ1) is 10.9. The maximum Gasteiger partial charge on any atom is 0.410 e. The summed E-state index contributed by atoms with van der Waals surface area (Å²) in [5, 5.41) is 0. The highest BCUT2D eigenvalue weighted by Crippen LogP contribution is 2.20. The molecule has 0 radical (unpaired) electrons. The zero-order valence-corrected chi connectivity index (χ0v) is 14.7. The largest absolute Gasteiger partial charge is 0.591 e. The summed E-state index contributed by atoms with van der Waals surface area (Å²) in [6, 6.07) is 9.61. The molecule has 1 heterocycles.